The third-order valence-corrected chi connectivity index (χ3v) is 4.16. The molecule has 0 saturated carbocycles. The lowest BCUT2D eigenvalue weighted by Crippen LogP contribution is -2.10. The van der Waals surface area contributed by atoms with Crippen molar-refractivity contribution in [2.75, 3.05) is 7.11 Å². The van der Waals surface area contributed by atoms with E-state index in [4.69, 9.17) is 20.5 Å². The average molecular weight is 317 g/mol. The monoisotopic (exact) mass is 316 g/mol. The molecule has 2 rings (SSSR count). The molecule has 0 N–H and O–H groups in total. The molecule has 2 aromatic carbocycles. The van der Waals surface area contributed by atoms with Crippen molar-refractivity contribution in [3.63, 3.8) is 0 Å². The average Bonchev–Trinajstić information content (AvgIpc) is 2.42. The van der Waals surface area contributed by atoms with E-state index in [2.05, 4.69) is 0 Å². The van der Waals surface area contributed by atoms with Crippen molar-refractivity contribution in [3.05, 3.63) is 53.3 Å². The SMILES string of the molecule is COc1ccc(OS(=O)(=O)c2cc(F)ccc2Cl)cc1. The van der Waals surface area contributed by atoms with Crippen LogP contribution in [0.1, 0.15) is 0 Å². The normalized spacial score (nSPS) is 11.2. The largest absolute Gasteiger partial charge is 0.497 e. The third kappa shape index (κ3) is 3.20. The molecule has 0 aliphatic heterocycles. The zero-order valence-electron chi connectivity index (χ0n) is 10.3. The summed E-state index contributed by atoms with van der Waals surface area (Å²) < 4.78 is 47.0. The first-order valence-electron chi connectivity index (χ1n) is 5.46. The minimum absolute atomic E-state index is 0.0751. The van der Waals surface area contributed by atoms with E-state index in [9.17, 15) is 12.8 Å². The van der Waals surface area contributed by atoms with Gasteiger partial charge in [-0.15, -0.1) is 0 Å². The van der Waals surface area contributed by atoms with Crippen LogP contribution in [0.5, 0.6) is 11.5 Å². The van der Waals surface area contributed by atoms with Gasteiger partial charge in [-0.1, -0.05) is 11.6 Å². The zero-order valence-corrected chi connectivity index (χ0v) is 11.9. The molecule has 0 aliphatic rings. The minimum Gasteiger partial charge on any atom is -0.497 e. The number of rotatable bonds is 4. The first-order valence-corrected chi connectivity index (χ1v) is 7.24. The Balaban J connectivity index is 2.32. The fraction of sp³-hybridized carbons (Fsp3) is 0.0769. The summed E-state index contributed by atoms with van der Waals surface area (Å²) in [5.74, 6) is -0.0871. The minimum atomic E-state index is -4.20. The summed E-state index contributed by atoms with van der Waals surface area (Å²) in [5, 5.41) is -0.111. The molecule has 4 nitrogen and oxygen atoms in total. The fourth-order valence-electron chi connectivity index (χ4n) is 1.47. The molecule has 0 radical (unpaired) electrons. The summed E-state index contributed by atoms with van der Waals surface area (Å²) in [5.41, 5.74) is 0. The first-order chi connectivity index (χ1) is 9.42. The van der Waals surface area contributed by atoms with Gasteiger partial charge in [0.1, 0.15) is 22.2 Å². The van der Waals surface area contributed by atoms with Gasteiger partial charge in [-0.3, -0.25) is 0 Å². The van der Waals surface area contributed by atoms with Crippen LogP contribution in [0.4, 0.5) is 4.39 Å². The van der Waals surface area contributed by atoms with Crippen molar-refractivity contribution in [2.24, 2.45) is 0 Å². The summed E-state index contributed by atoms with van der Waals surface area (Å²) in [7, 11) is -2.71. The molecule has 0 spiro atoms. The van der Waals surface area contributed by atoms with Crippen LogP contribution in [0.2, 0.25) is 5.02 Å². The summed E-state index contributed by atoms with van der Waals surface area (Å²) in [6.45, 7) is 0. The summed E-state index contributed by atoms with van der Waals surface area (Å²) in [6, 6.07) is 8.94. The molecule has 7 heteroatoms. The van der Waals surface area contributed by atoms with Crippen molar-refractivity contribution >= 4 is 21.7 Å². The first kappa shape index (κ1) is 14.6. The van der Waals surface area contributed by atoms with Gasteiger partial charge in [0, 0.05) is 0 Å². The van der Waals surface area contributed by atoms with E-state index in [1.54, 1.807) is 0 Å². The van der Waals surface area contributed by atoms with Crippen molar-refractivity contribution in [3.8, 4) is 11.5 Å². The topological polar surface area (TPSA) is 52.6 Å². The maximum Gasteiger partial charge on any atom is 0.340 e. The van der Waals surface area contributed by atoms with Crippen molar-refractivity contribution in [2.45, 2.75) is 4.90 Å². The van der Waals surface area contributed by atoms with E-state index in [0.29, 0.717) is 5.75 Å². The van der Waals surface area contributed by atoms with Gasteiger partial charge in [0.2, 0.25) is 0 Å². The molecule has 0 saturated heterocycles. The van der Waals surface area contributed by atoms with Gasteiger partial charge in [0.25, 0.3) is 0 Å². The van der Waals surface area contributed by atoms with Gasteiger partial charge in [0.15, 0.2) is 0 Å². The van der Waals surface area contributed by atoms with Crippen LogP contribution in [-0.4, -0.2) is 15.5 Å². The lowest BCUT2D eigenvalue weighted by molar-refractivity contribution is 0.413. The van der Waals surface area contributed by atoms with Crippen LogP contribution in [0, 0.1) is 5.82 Å². The molecule has 2 aromatic rings. The lowest BCUT2D eigenvalue weighted by atomic mass is 10.3. The molecule has 0 heterocycles. The van der Waals surface area contributed by atoms with Crippen LogP contribution in [0.25, 0.3) is 0 Å². The number of ether oxygens (including phenoxy) is 1. The third-order valence-electron chi connectivity index (χ3n) is 2.43. The second-order valence-corrected chi connectivity index (χ2v) is 5.71. The Labute approximate surface area is 120 Å². The Kier molecular flexibility index (Phi) is 4.15. The van der Waals surface area contributed by atoms with Crippen LogP contribution in [0.15, 0.2) is 47.4 Å². The highest BCUT2D eigenvalue weighted by atomic mass is 35.5. The highest BCUT2D eigenvalue weighted by Crippen LogP contribution is 2.26. The molecule has 106 valence electrons. The van der Waals surface area contributed by atoms with Gasteiger partial charge in [-0.05, 0) is 42.5 Å². The predicted octanol–water partition coefficient (Wildman–Crippen LogP) is 3.26. The van der Waals surface area contributed by atoms with E-state index in [0.717, 1.165) is 18.2 Å². The molecule has 0 aliphatic carbocycles. The van der Waals surface area contributed by atoms with Gasteiger partial charge in [-0.25, -0.2) is 4.39 Å². The maximum atomic E-state index is 13.1. The summed E-state index contributed by atoms with van der Waals surface area (Å²) in [4.78, 5) is -0.421. The summed E-state index contributed by atoms with van der Waals surface area (Å²) >= 11 is 5.75. The van der Waals surface area contributed by atoms with Crippen molar-refractivity contribution < 1.29 is 21.7 Å². The standard InChI is InChI=1S/C13H10ClFO4S/c1-18-10-3-5-11(6-4-10)19-20(16,17)13-8-9(15)2-7-12(13)14/h2-8H,1H3. The van der Waals surface area contributed by atoms with E-state index >= 15 is 0 Å². The van der Waals surface area contributed by atoms with E-state index in [-0.39, 0.29) is 10.8 Å². The van der Waals surface area contributed by atoms with Crippen LogP contribution in [-0.2, 0) is 10.1 Å². The summed E-state index contributed by atoms with van der Waals surface area (Å²) in [6.07, 6.45) is 0. The van der Waals surface area contributed by atoms with Gasteiger partial charge < -0.3 is 8.92 Å². The molecule has 0 amide bonds. The predicted molar refractivity (Wildman–Crippen MR) is 72.2 cm³/mol. The molecule has 20 heavy (non-hydrogen) atoms. The Bertz CT molecular complexity index is 714. The van der Waals surface area contributed by atoms with E-state index < -0.39 is 20.8 Å². The Morgan fingerprint density at radius 1 is 1.05 bits per heavy atom. The van der Waals surface area contributed by atoms with Crippen molar-refractivity contribution in [1.29, 1.82) is 0 Å². The fourth-order valence-corrected chi connectivity index (χ4v) is 2.89. The molecular weight excluding hydrogens is 307 g/mol. The van der Waals surface area contributed by atoms with Gasteiger partial charge >= 0.3 is 10.1 Å². The number of methoxy groups -OCH3 is 1. The molecule has 0 bridgehead atoms. The Hall–Kier alpha value is -1.79. The second kappa shape index (κ2) is 5.68. The van der Waals surface area contributed by atoms with Crippen LogP contribution in [0.3, 0.4) is 0 Å². The van der Waals surface area contributed by atoms with E-state index in [1.807, 2.05) is 0 Å². The molecule has 0 aromatic heterocycles. The quantitative estimate of drug-likeness (QED) is 0.812. The molecular formula is C13H10ClFO4S. The van der Waals surface area contributed by atoms with Crippen molar-refractivity contribution in [1.82, 2.24) is 0 Å². The number of hydrogen-bond acceptors (Lipinski definition) is 4. The second-order valence-electron chi connectivity index (χ2n) is 3.79. The van der Waals surface area contributed by atoms with Crippen LogP contribution >= 0.6 is 11.6 Å². The smallest absolute Gasteiger partial charge is 0.340 e. The number of halogens is 2. The van der Waals surface area contributed by atoms with Crippen LogP contribution < -0.4 is 8.92 Å². The Morgan fingerprint density at radius 3 is 2.25 bits per heavy atom. The maximum absolute atomic E-state index is 13.1. The van der Waals surface area contributed by atoms with Gasteiger partial charge in [0.05, 0.1) is 12.1 Å². The molecule has 0 atom stereocenters. The van der Waals surface area contributed by atoms with Gasteiger partial charge in [-0.2, -0.15) is 8.42 Å². The Morgan fingerprint density at radius 2 is 1.65 bits per heavy atom. The lowest BCUT2D eigenvalue weighted by Gasteiger charge is -2.09. The highest BCUT2D eigenvalue weighted by Gasteiger charge is 2.21. The molecule has 0 unspecified atom stereocenters. The van der Waals surface area contributed by atoms with E-state index in [1.165, 1.54) is 31.4 Å². The highest BCUT2D eigenvalue weighted by molar-refractivity contribution is 7.87. The number of hydrogen-bond donors (Lipinski definition) is 0. The zero-order chi connectivity index (χ0) is 14.8. The molecule has 0 fully saturated rings. The number of benzene rings is 2.